The fourth-order valence-corrected chi connectivity index (χ4v) is 7.68. The number of hydrogen-bond donors (Lipinski definition) is 0. The molecule has 1 unspecified atom stereocenters. The van der Waals surface area contributed by atoms with E-state index < -0.39 is 6.10 Å². The molecule has 0 N–H and O–H groups in total. The summed E-state index contributed by atoms with van der Waals surface area (Å²) < 4.78 is 16.8. The Morgan fingerprint density at radius 3 is 0.925 bits per heavy atom. The number of carbonyl (C=O) groups excluding carboxylic acids is 3. The topological polar surface area (TPSA) is 78.9 Å². The Labute approximate surface area is 414 Å². The van der Waals surface area contributed by atoms with Gasteiger partial charge in [0.2, 0.25) is 0 Å². The average molecular weight is 933 g/mol. The van der Waals surface area contributed by atoms with Crippen molar-refractivity contribution < 1.29 is 28.6 Å². The van der Waals surface area contributed by atoms with Crippen molar-refractivity contribution in [3.05, 3.63) is 85.1 Å². The van der Waals surface area contributed by atoms with Gasteiger partial charge in [-0.25, -0.2) is 0 Å². The van der Waals surface area contributed by atoms with E-state index in [0.717, 1.165) is 122 Å². The predicted molar refractivity (Wildman–Crippen MR) is 288 cm³/mol. The van der Waals surface area contributed by atoms with Crippen LogP contribution in [0.1, 0.15) is 265 Å². The van der Waals surface area contributed by atoms with Crippen molar-refractivity contribution in [1.29, 1.82) is 0 Å². The Balaban J connectivity index is 4.25. The van der Waals surface area contributed by atoms with Gasteiger partial charge < -0.3 is 14.2 Å². The highest BCUT2D eigenvalue weighted by Crippen LogP contribution is 2.15. The van der Waals surface area contributed by atoms with E-state index in [1.807, 2.05) is 0 Å². The van der Waals surface area contributed by atoms with E-state index in [-0.39, 0.29) is 31.1 Å². The molecule has 0 saturated carbocycles. The number of allylic oxidation sites excluding steroid dienone is 14. The molecular weight excluding hydrogens is 829 g/mol. The van der Waals surface area contributed by atoms with Gasteiger partial charge in [0.1, 0.15) is 13.2 Å². The summed E-state index contributed by atoms with van der Waals surface area (Å²) in [7, 11) is 0. The summed E-state index contributed by atoms with van der Waals surface area (Å²) >= 11 is 0. The second kappa shape index (κ2) is 55.2. The minimum atomic E-state index is -0.784. The molecule has 0 amide bonds. The van der Waals surface area contributed by atoms with Gasteiger partial charge in [0.05, 0.1) is 0 Å². The third kappa shape index (κ3) is 53.4. The predicted octanol–water partition coefficient (Wildman–Crippen LogP) is 18.8. The third-order valence-electron chi connectivity index (χ3n) is 11.9. The number of esters is 3. The maximum atomic E-state index is 12.8. The first-order chi connectivity index (χ1) is 33.0. The minimum Gasteiger partial charge on any atom is -0.462 e. The van der Waals surface area contributed by atoms with Crippen molar-refractivity contribution in [3.63, 3.8) is 0 Å². The number of ether oxygens (including phenoxy) is 3. The fraction of sp³-hybridized carbons (Fsp3) is 0.721. The van der Waals surface area contributed by atoms with E-state index in [1.165, 1.54) is 103 Å². The third-order valence-corrected chi connectivity index (χ3v) is 11.9. The van der Waals surface area contributed by atoms with Crippen molar-refractivity contribution in [2.75, 3.05) is 13.2 Å². The van der Waals surface area contributed by atoms with E-state index in [0.29, 0.717) is 19.3 Å². The van der Waals surface area contributed by atoms with Gasteiger partial charge in [-0.05, 0) is 96.3 Å². The summed E-state index contributed by atoms with van der Waals surface area (Å²) in [6.45, 7) is 6.47. The van der Waals surface area contributed by atoms with Gasteiger partial charge in [0.15, 0.2) is 6.10 Å². The summed E-state index contributed by atoms with van der Waals surface area (Å²) in [5, 5.41) is 0. The lowest BCUT2D eigenvalue weighted by atomic mass is 10.1. The Bertz CT molecular complexity index is 1300. The van der Waals surface area contributed by atoms with Crippen molar-refractivity contribution in [2.45, 2.75) is 271 Å². The molecule has 0 saturated heterocycles. The fourth-order valence-electron chi connectivity index (χ4n) is 7.68. The molecule has 384 valence electrons. The second-order valence-electron chi connectivity index (χ2n) is 18.5. The van der Waals surface area contributed by atoms with Gasteiger partial charge >= 0.3 is 17.9 Å². The molecule has 6 nitrogen and oxygen atoms in total. The molecule has 0 rings (SSSR count). The molecule has 67 heavy (non-hydrogen) atoms. The Kier molecular flexibility index (Phi) is 52.4. The van der Waals surface area contributed by atoms with E-state index in [2.05, 4.69) is 106 Å². The van der Waals surface area contributed by atoms with Crippen LogP contribution in [0, 0.1) is 0 Å². The maximum Gasteiger partial charge on any atom is 0.306 e. The van der Waals surface area contributed by atoms with Crippen LogP contribution in [-0.2, 0) is 28.6 Å². The molecule has 0 fully saturated rings. The first-order valence-corrected chi connectivity index (χ1v) is 28.1. The van der Waals surface area contributed by atoms with Crippen molar-refractivity contribution in [1.82, 2.24) is 0 Å². The summed E-state index contributed by atoms with van der Waals surface area (Å²) in [5.41, 5.74) is 0. The van der Waals surface area contributed by atoms with Gasteiger partial charge in [0.25, 0.3) is 0 Å². The lowest BCUT2D eigenvalue weighted by Crippen LogP contribution is -2.30. The molecule has 0 heterocycles. The monoisotopic (exact) mass is 933 g/mol. The molecule has 0 bridgehead atoms. The first-order valence-electron chi connectivity index (χ1n) is 28.1. The van der Waals surface area contributed by atoms with Crippen LogP contribution in [0.2, 0.25) is 0 Å². The molecule has 0 aliphatic heterocycles. The molecule has 0 aliphatic rings. The first kappa shape index (κ1) is 63.6. The number of rotatable bonds is 50. The van der Waals surface area contributed by atoms with Crippen molar-refractivity contribution >= 4 is 17.9 Å². The molecule has 0 radical (unpaired) electrons. The Morgan fingerprint density at radius 1 is 0.313 bits per heavy atom. The van der Waals surface area contributed by atoms with E-state index in [9.17, 15) is 14.4 Å². The van der Waals surface area contributed by atoms with Crippen molar-refractivity contribution in [2.24, 2.45) is 0 Å². The minimum absolute atomic E-state index is 0.0828. The summed E-state index contributed by atoms with van der Waals surface area (Å²) in [5.74, 6) is -0.904. The zero-order chi connectivity index (χ0) is 48.6. The molecule has 0 aromatic heterocycles. The van der Waals surface area contributed by atoms with Gasteiger partial charge in [-0.3, -0.25) is 14.4 Å². The Hall–Kier alpha value is -3.41. The highest BCUT2D eigenvalue weighted by molar-refractivity contribution is 5.71. The SMILES string of the molecule is CC/C=C\C/C=C\C/C=C\C/C=C\C/C=C\CCCCCCCCCCCC(=O)OCC(COC(=O)CCCCCCCCCC)OC(=O)CCCCCCC/C=C\C/C=C\CCCCCC. The summed E-state index contributed by atoms with van der Waals surface area (Å²) in [6.07, 6.45) is 71.5. The molecule has 0 spiro atoms. The van der Waals surface area contributed by atoms with Crippen LogP contribution in [0.15, 0.2) is 85.1 Å². The molecule has 0 aromatic rings. The van der Waals surface area contributed by atoms with Crippen LogP contribution >= 0.6 is 0 Å². The van der Waals surface area contributed by atoms with E-state index in [1.54, 1.807) is 0 Å². The normalized spacial score (nSPS) is 12.7. The lowest BCUT2D eigenvalue weighted by Gasteiger charge is -2.18. The largest absolute Gasteiger partial charge is 0.462 e. The molecular formula is C61H104O6. The van der Waals surface area contributed by atoms with E-state index in [4.69, 9.17) is 14.2 Å². The average Bonchev–Trinajstić information content (AvgIpc) is 3.33. The summed E-state index contributed by atoms with van der Waals surface area (Å²) in [4.78, 5) is 38.0. The van der Waals surface area contributed by atoms with Crippen LogP contribution in [0.5, 0.6) is 0 Å². The number of unbranched alkanes of at least 4 members (excludes halogenated alkanes) is 25. The second-order valence-corrected chi connectivity index (χ2v) is 18.5. The van der Waals surface area contributed by atoms with Crippen LogP contribution in [-0.4, -0.2) is 37.2 Å². The lowest BCUT2D eigenvalue weighted by molar-refractivity contribution is -0.167. The van der Waals surface area contributed by atoms with Crippen LogP contribution in [0.3, 0.4) is 0 Å². The molecule has 6 heteroatoms. The Morgan fingerprint density at radius 2 is 0.582 bits per heavy atom. The van der Waals surface area contributed by atoms with Gasteiger partial charge in [-0.1, -0.05) is 234 Å². The van der Waals surface area contributed by atoms with E-state index >= 15 is 0 Å². The van der Waals surface area contributed by atoms with Crippen LogP contribution < -0.4 is 0 Å². The van der Waals surface area contributed by atoms with Gasteiger partial charge in [-0.2, -0.15) is 0 Å². The highest BCUT2D eigenvalue weighted by Gasteiger charge is 2.19. The zero-order valence-corrected chi connectivity index (χ0v) is 43.9. The van der Waals surface area contributed by atoms with Gasteiger partial charge in [-0.15, -0.1) is 0 Å². The smallest absolute Gasteiger partial charge is 0.306 e. The zero-order valence-electron chi connectivity index (χ0n) is 43.9. The molecule has 1 atom stereocenters. The quantitative estimate of drug-likeness (QED) is 0.0262. The van der Waals surface area contributed by atoms with Crippen LogP contribution in [0.25, 0.3) is 0 Å². The summed E-state index contributed by atoms with van der Waals surface area (Å²) in [6, 6.07) is 0. The van der Waals surface area contributed by atoms with Crippen molar-refractivity contribution in [3.8, 4) is 0 Å². The van der Waals surface area contributed by atoms with Crippen LogP contribution in [0.4, 0.5) is 0 Å². The molecule has 0 aliphatic carbocycles. The standard InChI is InChI=1S/C61H104O6/c1-4-7-10-13-16-19-21-23-25-27-28-29-30-31-32-33-34-35-37-38-40-42-45-48-51-54-60(63)66-57-58(56-65-59(62)53-50-47-44-18-15-12-9-6-3)67-61(64)55-52-49-46-43-41-39-36-26-24-22-20-17-14-11-8-5-2/h7,10,16,19-20,22-23,25-26,28-29,31-32,36,58H,4-6,8-9,11-15,17-18,21,24,27,30,33-35,37-57H2,1-3H3/b10-7-,19-16-,22-20-,25-23-,29-28-,32-31-,36-26-. The molecule has 0 aromatic carbocycles. The maximum absolute atomic E-state index is 12.8. The number of carbonyl (C=O) groups is 3. The number of hydrogen-bond acceptors (Lipinski definition) is 6. The highest BCUT2D eigenvalue weighted by atomic mass is 16.6. The van der Waals surface area contributed by atoms with Gasteiger partial charge in [0, 0.05) is 19.3 Å².